The Morgan fingerprint density at radius 3 is 2.92 bits per heavy atom. The van der Waals surface area contributed by atoms with E-state index >= 15 is 0 Å². The van der Waals surface area contributed by atoms with Gasteiger partial charge in [-0.25, -0.2) is 0 Å². The Morgan fingerprint density at radius 1 is 1.58 bits per heavy atom. The number of benzene rings is 1. The first-order valence-corrected chi connectivity index (χ1v) is 3.96. The van der Waals surface area contributed by atoms with Crippen molar-refractivity contribution in [3.8, 4) is 5.75 Å². The summed E-state index contributed by atoms with van der Waals surface area (Å²) < 4.78 is 5.71. The zero-order valence-corrected chi connectivity index (χ0v) is 7.95. The lowest BCUT2D eigenvalue weighted by Gasteiger charge is -2.03. The lowest BCUT2D eigenvalue weighted by molar-refractivity contribution is 0.416. The number of ether oxygens (including phenoxy) is 1. The van der Waals surface area contributed by atoms with Crippen molar-refractivity contribution in [3.63, 3.8) is 0 Å². The van der Waals surface area contributed by atoms with E-state index in [1.807, 2.05) is 0 Å². The van der Waals surface area contributed by atoms with Crippen molar-refractivity contribution in [2.45, 2.75) is 0 Å². The third kappa shape index (κ3) is 1.69. The minimum atomic E-state index is 0.475. The minimum absolute atomic E-state index is 0.475. The average Bonchev–Trinajstić information content (AvgIpc) is 2.09. The minimum Gasteiger partial charge on any atom is -0.496 e. The van der Waals surface area contributed by atoms with Gasteiger partial charge >= 0.3 is 0 Å². The van der Waals surface area contributed by atoms with Crippen LogP contribution >= 0.6 is 15.9 Å². The van der Waals surface area contributed by atoms with Crippen LogP contribution in [-0.4, -0.2) is 7.11 Å². The van der Waals surface area contributed by atoms with Crippen LogP contribution in [0.5, 0.6) is 5.75 Å². The third-order valence-electron chi connectivity index (χ3n) is 1.31. The number of nitrogens with zero attached hydrogens (tertiary/aromatic N) is 3. The number of hydrogen-bond acceptors (Lipinski definition) is 2. The van der Waals surface area contributed by atoms with Crippen LogP contribution < -0.4 is 4.74 Å². The molecule has 0 aliphatic carbocycles. The fourth-order valence-electron chi connectivity index (χ4n) is 0.802. The van der Waals surface area contributed by atoms with Crippen molar-refractivity contribution < 1.29 is 4.74 Å². The van der Waals surface area contributed by atoms with Crippen molar-refractivity contribution in [2.24, 2.45) is 5.11 Å². The zero-order chi connectivity index (χ0) is 8.97. The molecule has 4 nitrogen and oxygen atoms in total. The SMILES string of the molecule is COc1cccc(Br)c1N=[N+]=[N-]. The van der Waals surface area contributed by atoms with Gasteiger partial charge in [-0.2, -0.15) is 0 Å². The van der Waals surface area contributed by atoms with E-state index < -0.39 is 0 Å². The number of azide groups is 1. The highest BCUT2D eigenvalue weighted by Crippen LogP contribution is 2.34. The van der Waals surface area contributed by atoms with Crippen LogP contribution in [-0.2, 0) is 0 Å². The summed E-state index contributed by atoms with van der Waals surface area (Å²) >= 11 is 3.24. The van der Waals surface area contributed by atoms with E-state index in [0.717, 1.165) is 4.47 Å². The molecule has 5 heteroatoms. The molecule has 0 fully saturated rings. The van der Waals surface area contributed by atoms with Crippen molar-refractivity contribution in [2.75, 3.05) is 7.11 Å². The summed E-state index contributed by atoms with van der Waals surface area (Å²) in [6.45, 7) is 0. The lowest BCUT2D eigenvalue weighted by atomic mass is 10.3. The third-order valence-corrected chi connectivity index (χ3v) is 1.95. The van der Waals surface area contributed by atoms with E-state index in [-0.39, 0.29) is 0 Å². The first-order valence-electron chi connectivity index (χ1n) is 3.17. The van der Waals surface area contributed by atoms with Crippen molar-refractivity contribution >= 4 is 21.6 Å². The van der Waals surface area contributed by atoms with Crippen molar-refractivity contribution in [1.82, 2.24) is 0 Å². The normalized spacial score (nSPS) is 8.83. The van der Waals surface area contributed by atoms with Gasteiger partial charge in [0, 0.05) is 9.38 Å². The van der Waals surface area contributed by atoms with Crippen molar-refractivity contribution in [3.05, 3.63) is 33.1 Å². The quantitative estimate of drug-likeness (QED) is 0.434. The number of rotatable bonds is 2. The molecule has 0 saturated heterocycles. The van der Waals surface area contributed by atoms with Gasteiger partial charge in [-0.3, -0.25) is 0 Å². The topological polar surface area (TPSA) is 58.0 Å². The summed E-state index contributed by atoms with van der Waals surface area (Å²) in [6.07, 6.45) is 0. The molecule has 12 heavy (non-hydrogen) atoms. The highest BCUT2D eigenvalue weighted by atomic mass is 79.9. The van der Waals surface area contributed by atoms with Crippen LogP contribution in [0.1, 0.15) is 0 Å². The molecule has 1 rings (SSSR count). The second kappa shape index (κ2) is 3.99. The van der Waals surface area contributed by atoms with Gasteiger partial charge in [-0.15, -0.1) is 0 Å². The second-order valence-electron chi connectivity index (χ2n) is 1.98. The Morgan fingerprint density at radius 2 is 2.33 bits per heavy atom. The molecule has 0 aliphatic heterocycles. The summed E-state index contributed by atoms with van der Waals surface area (Å²) in [5.74, 6) is 0.558. The van der Waals surface area contributed by atoms with Crippen molar-refractivity contribution in [1.29, 1.82) is 0 Å². The number of halogens is 1. The molecule has 0 saturated carbocycles. The van der Waals surface area contributed by atoms with E-state index in [1.165, 1.54) is 7.11 Å². The number of hydrogen-bond donors (Lipinski definition) is 0. The highest BCUT2D eigenvalue weighted by molar-refractivity contribution is 9.10. The van der Waals surface area contributed by atoms with Gasteiger partial charge < -0.3 is 4.74 Å². The van der Waals surface area contributed by atoms with Gasteiger partial charge in [-0.1, -0.05) is 27.1 Å². The molecule has 62 valence electrons. The fourth-order valence-corrected chi connectivity index (χ4v) is 1.23. The summed E-state index contributed by atoms with van der Waals surface area (Å²) in [5, 5.41) is 3.49. The van der Waals surface area contributed by atoms with E-state index in [9.17, 15) is 0 Å². The molecular weight excluding hydrogens is 222 g/mol. The van der Waals surface area contributed by atoms with Crippen LogP contribution in [0.25, 0.3) is 10.4 Å². The molecule has 0 heterocycles. The molecule has 1 aromatic rings. The summed E-state index contributed by atoms with van der Waals surface area (Å²) in [4.78, 5) is 2.69. The first-order chi connectivity index (χ1) is 5.79. The molecule has 0 radical (unpaired) electrons. The van der Waals surface area contributed by atoms with E-state index in [2.05, 4.69) is 26.0 Å². The van der Waals surface area contributed by atoms with E-state index in [1.54, 1.807) is 18.2 Å². The Balaban J connectivity index is 3.28. The largest absolute Gasteiger partial charge is 0.496 e. The summed E-state index contributed by atoms with van der Waals surface area (Å²) in [7, 11) is 1.53. The average molecular weight is 228 g/mol. The molecule has 0 spiro atoms. The first kappa shape index (κ1) is 8.90. The Hall–Kier alpha value is -1.19. The molecule has 0 amide bonds. The van der Waals surface area contributed by atoms with Gasteiger partial charge in [0.05, 0.1) is 12.8 Å². The van der Waals surface area contributed by atoms with Crippen LogP contribution in [0.15, 0.2) is 27.8 Å². The maximum atomic E-state index is 8.25. The standard InChI is InChI=1S/C7H6BrN3O/c1-12-6-4-2-3-5(8)7(6)10-11-9/h2-4H,1H3. The Bertz CT molecular complexity index is 333. The molecular formula is C7H6BrN3O. The van der Waals surface area contributed by atoms with E-state index in [4.69, 9.17) is 10.3 Å². The van der Waals surface area contributed by atoms with Crippen LogP contribution in [0, 0.1) is 0 Å². The van der Waals surface area contributed by atoms with Gasteiger partial charge in [0.15, 0.2) is 0 Å². The van der Waals surface area contributed by atoms with Crippen LogP contribution in [0.3, 0.4) is 0 Å². The predicted octanol–water partition coefficient (Wildman–Crippen LogP) is 3.40. The van der Waals surface area contributed by atoms with Crippen LogP contribution in [0.4, 0.5) is 5.69 Å². The Kier molecular flexibility index (Phi) is 2.96. The molecule has 0 bridgehead atoms. The molecule has 0 atom stereocenters. The molecule has 0 unspecified atom stereocenters. The molecule has 0 aliphatic rings. The maximum Gasteiger partial charge on any atom is 0.129 e. The maximum absolute atomic E-state index is 8.25. The lowest BCUT2D eigenvalue weighted by Crippen LogP contribution is -1.82. The zero-order valence-electron chi connectivity index (χ0n) is 6.36. The van der Waals surface area contributed by atoms with Gasteiger partial charge in [-0.05, 0) is 17.7 Å². The summed E-state index contributed by atoms with van der Waals surface area (Å²) in [6, 6.07) is 5.32. The van der Waals surface area contributed by atoms with Gasteiger partial charge in [0.25, 0.3) is 0 Å². The fraction of sp³-hybridized carbons (Fsp3) is 0.143. The molecule has 0 aromatic heterocycles. The second-order valence-corrected chi connectivity index (χ2v) is 2.83. The predicted molar refractivity (Wildman–Crippen MR) is 49.5 cm³/mol. The molecule has 1 aromatic carbocycles. The monoisotopic (exact) mass is 227 g/mol. The Labute approximate surface area is 77.9 Å². The smallest absolute Gasteiger partial charge is 0.129 e. The number of methoxy groups -OCH3 is 1. The van der Waals surface area contributed by atoms with Gasteiger partial charge in [0.1, 0.15) is 5.75 Å². The molecule has 0 N–H and O–H groups in total. The van der Waals surface area contributed by atoms with Crippen LogP contribution in [0.2, 0.25) is 0 Å². The highest BCUT2D eigenvalue weighted by Gasteiger charge is 2.03. The summed E-state index contributed by atoms with van der Waals surface area (Å²) in [5.41, 5.74) is 8.72. The van der Waals surface area contributed by atoms with Gasteiger partial charge in [0.2, 0.25) is 0 Å². The van der Waals surface area contributed by atoms with E-state index in [0.29, 0.717) is 11.4 Å².